The zero-order chi connectivity index (χ0) is 15.7. The Bertz CT molecular complexity index is 509. The molecule has 0 N–H and O–H groups in total. The molecule has 0 saturated carbocycles. The van der Waals surface area contributed by atoms with E-state index in [1.54, 1.807) is 20.8 Å². The van der Waals surface area contributed by atoms with Crippen LogP contribution in [0.2, 0.25) is 5.02 Å². The lowest BCUT2D eigenvalue weighted by atomic mass is 10.0. The minimum absolute atomic E-state index is 0.0401. The number of benzene rings is 1. The number of nitrogens with zero attached hydrogens (tertiary/aromatic N) is 1. The second kappa shape index (κ2) is 5.52. The van der Waals surface area contributed by atoms with Gasteiger partial charge < -0.3 is 4.74 Å². The molecule has 3 nitrogen and oxygen atoms in total. The summed E-state index contributed by atoms with van der Waals surface area (Å²) in [5, 5.41) is 0.0401. The van der Waals surface area contributed by atoms with Crippen molar-refractivity contribution in [1.82, 2.24) is 0 Å². The van der Waals surface area contributed by atoms with Crippen LogP contribution in [-0.2, 0) is 10.9 Å². The van der Waals surface area contributed by atoms with Crippen molar-refractivity contribution in [3.05, 3.63) is 28.8 Å². The molecule has 0 aromatic heterocycles. The Morgan fingerprint density at radius 3 is 2.20 bits per heavy atom. The molecule has 1 amide bonds. The third-order valence-electron chi connectivity index (χ3n) is 2.54. The van der Waals surface area contributed by atoms with E-state index in [2.05, 4.69) is 4.74 Å². The highest BCUT2D eigenvalue weighted by Gasteiger charge is 2.35. The summed E-state index contributed by atoms with van der Waals surface area (Å²) in [5.41, 5.74) is -1.71. The maximum absolute atomic E-state index is 12.8. The highest BCUT2D eigenvalue weighted by Crippen LogP contribution is 2.37. The second-order valence-electron chi connectivity index (χ2n) is 5.14. The number of alkyl halides is 3. The molecule has 0 aliphatic heterocycles. The normalized spacial score (nSPS) is 12.2. The van der Waals surface area contributed by atoms with Gasteiger partial charge in [0.2, 0.25) is 0 Å². The van der Waals surface area contributed by atoms with Crippen LogP contribution in [0.4, 0.5) is 23.7 Å². The number of ether oxygens (including phenoxy) is 1. The first kappa shape index (κ1) is 16.6. The lowest BCUT2D eigenvalue weighted by Gasteiger charge is -2.35. The van der Waals surface area contributed by atoms with Gasteiger partial charge in [-0.2, -0.15) is 13.2 Å². The molecule has 0 unspecified atom stereocenters. The summed E-state index contributed by atoms with van der Waals surface area (Å²) in [4.78, 5) is 12.9. The molecular weight excluding hydrogens is 295 g/mol. The van der Waals surface area contributed by atoms with Crippen molar-refractivity contribution in [2.45, 2.75) is 32.5 Å². The topological polar surface area (TPSA) is 29.5 Å². The number of carbonyl (C=O) groups excluding carboxylic acids is 1. The third kappa shape index (κ3) is 3.56. The molecule has 0 saturated heterocycles. The summed E-state index contributed by atoms with van der Waals surface area (Å²) in [7, 11) is 1.16. The van der Waals surface area contributed by atoms with Crippen molar-refractivity contribution < 1.29 is 22.7 Å². The first-order valence-electron chi connectivity index (χ1n) is 5.73. The maximum atomic E-state index is 12.8. The summed E-state index contributed by atoms with van der Waals surface area (Å²) >= 11 is 5.93. The van der Waals surface area contributed by atoms with E-state index >= 15 is 0 Å². The van der Waals surface area contributed by atoms with Crippen LogP contribution in [0.3, 0.4) is 0 Å². The van der Waals surface area contributed by atoms with Crippen LogP contribution in [0.15, 0.2) is 18.2 Å². The Hall–Kier alpha value is -1.43. The number of hydrogen-bond acceptors (Lipinski definition) is 2. The molecule has 0 radical (unpaired) electrons. The van der Waals surface area contributed by atoms with Crippen LogP contribution in [0.5, 0.6) is 0 Å². The van der Waals surface area contributed by atoms with Gasteiger partial charge in [0.1, 0.15) is 0 Å². The number of anilines is 1. The molecule has 20 heavy (non-hydrogen) atoms. The highest BCUT2D eigenvalue weighted by molar-refractivity contribution is 6.33. The molecule has 1 aromatic carbocycles. The molecule has 112 valence electrons. The fourth-order valence-corrected chi connectivity index (χ4v) is 1.89. The van der Waals surface area contributed by atoms with E-state index in [1.807, 2.05) is 0 Å². The standard InChI is InChI=1S/C13H15ClF3NO2/c1-12(2,3)18(11(19)20-4)10-7-8(13(15,16)17)5-6-9(10)14/h5-7H,1-4H3. The number of rotatable bonds is 1. The average molecular weight is 310 g/mol. The monoisotopic (exact) mass is 309 g/mol. The van der Waals surface area contributed by atoms with Gasteiger partial charge in [-0.1, -0.05) is 11.6 Å². The van der Waals surface area contributed by atoms with Crippen LogP contribution >= 0.6 is 11.6 Å². The molecular formula is C13H15ClF3NO2. The summed E-state index contributed by atoms with van der Waals surface area (Å²) in [6, 6.07) is 2.82. The highest BCUT2D eigenvalue weighted by atomic mass is 35.5. The maximum Gasteiger partial charge on any atom is 0.416 e. The molecule has 0 aliphatic rings. The lowest BCUT2D eigenvalue weighted by molar-refractivity contribution is -0.137. The molecule has 0 bridgehead atoms. The zero-order valence-corrected chi connectivity index (χ0v) is 12.3. The van der Waals surface area contributed by atoms with Gasteiger partial charge in [0.15, 0.2) is 0 Å². The van der Waals surface area contributed by atoms with E-state index in [1.165, 1.54) is 0 Å². The van der Waals surface area contributed by atoms with Gasteiger partial charge in [0.05, 0.1) is 23.4 Å². The number of amides is 1. The Morgan fingerprint density at radius 2 is 1.80 bits per heavy atom. The largest absolute Gasteiger partial charge is 0.452 e. The molecule has 1 aromatic rings. The average Bonchev–Trinajstić information content (AvgIpc) is 2.28. The van der Waals surface area contributed by atoms with Crippen LogP contribution in [0.1, 0.15) is 26.3 Å². The Kier molecular flexibility index (Phi) is 4.59. The Balaban J connectivity index is 3.44. The minimum atomic E-state index is -4.51. The van der Waals surface area contributed by atoms with Crippen LogP contribution in [0.25, 0.3) is 0 Å². The van der Waals surface area contributed by atoms with Crippen molar-refractivity contribution in [1.29, 1.82) is 0 Å². The van der Waals surface area contributed by atoms with Crippen molar-refractivity contribution in [3.8, 4) is 0 Å². The second-order valence-corrected chi connectivity index (χ2v) is 5.55. The fourth-order valence-electron chi connectivity index (χ4n) is 1.69. The number of carbonyl (C=O) groups is 1. The summed E-state index contributed by atoms with van der Waals surface area (Å²) in [6.07, 6.45) is -5.29. The van der Waals surface area contributed by atoms with Gasteiger partial charge >= 0.3 is 12.3 Å². The minimum Gasteiger partial charge on any atom is -0.452 e. The molecule has 0 aliphatic carbocycles. The molecule has 0 heterocycles. The molecule has 1 rings (SSSR count). The number of halogens is 4. The van der Waals surface area contributed by atoms with Gasteiger partial charge in [0, 0.05) is 5.54 Å². The summed E-state index contributed by atoms with van der Waals surface area (Å²) in [5.74, 6) is 0. The van der Waals surface area contributed by atoms with Gasteiger partial charge in [0.25, 0.3) is 0 Å². The SMILES string of the molecule is COC(=O)N(c1cc(C(F)(F)F)ccc1Cl)C(C)(C)C. The fraction of sp³-hybridized carbons (Fsp3) is 0.462. The summed E-state index contributed by atoms with van der Waals surface area (Å²) < 4.78 is 42.9. The molecule has 0 atom stereocenters. The van der Waals surface area contributed by atoms with Crippen molar-refractivity contribution >= 4 is 23.4 Å². The van der Waals surface area contributed by atoms with Gasteiger partial charge in [-0.05, 0) is 39.0 Å². The molecule has 0 fully saturated rings. The number of hydrogen-bond donors (Lipinski definition) is 0. The van der Waals surface area contributed by atoms with E-state index in [4.69, 9.17) is 11.6 Å². The first-order valence-corrected chi connectivity index (χ1v) is 6.11. The van der Waals surface area contributed by atoms with Crippen molar-refractivity contribution in [2.75, 3.05) is 12.0 Å². The quantitative estimate of drug-likeness (QED) is 0.750. The van der Waals surface area contributed by atoms with Gasteiger partial charge in [-0.3, -0.25) is 4.90 Å². The van der Waals surface area contributed by atoms with Crippen molar-refractivity contribution in [2.24, 2.45) is 0 Å². The van der Waals surface area contributed by atoms with E-state index in [0.29, 0.717) is 0 Å². The first-order chi connectivity index (χ1) is 8.98. The smallest absolute Gasteiger partial charge is 0.416 e. The van der Waals surface area contributed by atoms with E-state index in [9.17, 15) is 18.0 Å². The van der Waals surface area contributed by atoms with Gasteiger partial charge in [-0.15, -0.1) is 0 Å². The summed E-state index contributed by atoms with van der Waals surface area (Å²) in [6.45, 7) is 5.00. The molecule has 7 heteroatoms. The lowest BCUT2D eigenvalue weighted by Crippen LogP contribution is -2.46. The van der Waals surface area contributed by atoms with Crippen LogP contribution in [0, 0.1) is 0 Å². The molecule has 0 spiro atoms. The van der Waals surface area contributed by atoms with Gasteiger partial charge in [-0.25, -0.2) is 4.79 Å². The van der Waals surface area contributed by atoms with E-state index in [0.717, 1.165) is 30.2 Å². The van der Waals surface area contributed by atoms with Crippen LogP contribution in [-0.4, -0.2) is 18.7 Å². The third-order valence-corrected chi connectivity index (χ3v) is 2.86. The Morgan fingerprint density at radius 1 is 1.25 bits per heavy atom. The predicted octanol–water partition coefficient (Wildman–Crippen LogP) is 4.73. The predicted molar refractivity (Wildman–Crippen MR) is 71.1 cm³/mol. The van der Waals surface area contributed by atoms with Crippen molar-refractivity contribution in [3.63, 3.8) is 0 Å². The Labute approximate surface area is 120 Å². The number of methoxy groups -OCH3 is 1. The van der Waals surface area contributed by atoms with E-state index < -0.39 is 23.4 Å². The van der Waals surface area contributed by atoms with E-state index in [-0.39, 0.29) is 10.7 Å². The zero-order valence-electron chi connectivity index (χ0n) is 11.5. The van der Waals surface area contributed by atoms with Crippen LogP contribution < -0.4 is 4.90 Å².